The highest BCUT2D eigenvalue weighted by molar-refractivity contribution is 5.81. The number of rotatable bonds is 2. The maximum Gasteiger partial charge on any atom is 0.314 e. The molecule has 1 N–H and O–H groups in total. The standard InChI is InChI=1S/C16H20O3/c1-11-9-12-5-6-13(10-14(12)19-11)16(15(17)18)7-3-2-4-8-16/h5-6,10-11H,2-4,7-9H2,1H3,(H,17,18). The second-order valence-electron chi connectivity index (χ2n) is 5.90. The minimum Gasteiger partial charge on any atom is -0.490 e. The molecule has 0 amide bonds. The third-order valence-electron chi connectivity index (χ3n) is 4.57. The number of hydrogen-bond donors (Lipinski definition) is 1. The Hall–Kier alpha value is -1.51. The Bertz CT molecular complexity index is 501. The molecule has 0 saturated heterocycles. The molecule has 0 bridgehead atoms. The number of hydrogen-bond acceptors (Lipinski definition) is 2. The molecule has 1 aliphatic carbocycles. The number of carbonyl (C=O) groups is 1. The van der Waals surface area contributed by atoms with Crippen LogP contribution in [0.5, 0.6) is 5.75 Å². The van der Waals surface area contributed by atoms with Gasteiger partial charge in [0.2, 0.25) is 0 Å². The summed E-state index contributed by atoms with van der Waals surface area (Å²) >= 11 is 0. The Kier molecular flexibility index (Phi) is 3.00. The summed E-state index contributed by atoms with van der Waals surface area (Å²) in [5, 5.41) is 9.70. The number of carboxylic acids is 1. The molecule has 19 heavy (non-hydrogen) atoms. The Morgan fingerprint density at radius 2 is 2.05 bits per heavy atom. The first-order valence-electron chi connectivity index (χ1n) is 7.15. The fourth-order valence-electron chi connectivity index (χ4n) is 3.48. The van der Waals surface area contributed by atoms with E-state index >= 15 is 0 Å². The molecule has 0 aromatic heterocycles. The summed E-state index contributed by atoms with van der Waals surface area (Å²) in [7, 11) is 0. The maximum atomic E-state index is 11.8. The molecule has 3 heteroatoms. The summed E-state index contributed by atoms with van der Waals surface area (Å²) in [5.41, 5.74) is 1.43. The highest BCUT2D eigenvalue weighted by Crippen LogP contribution is 2.42. The Morgan fingerprint density at radius 1 is 1.32 bits per heavy atom. The van der Waals surface area contributed by atoms with Crippen LogP contribution in [0.25, 0.3) is 0 Å². The van der Waals surface area contributed by atoms with Crippen molar-refractivity contribution >= 4 is 5.97 Å². The maximum absolute atomic E-state index is 11.8. The topological polar surface area (TPSA) is 46.5 Å². The van der Waals surface area contributed by atoms with Crippen LogP contribution in [0.3, 0.4) is 0 Å². The molecule has 0 radical (unpaired) electrons. The van der Waals surface area contributed by atoms with Crippen molar-refractivity contribution in [2.75, 3.05) is 0 Å². The number of ether oxygens (including phenoxy) is 1. The van der Waals surface area contributed by atoms with Crippen molar-refractivity contribution < 1.29 is 14.6 Å². The second-order valence-corrected chi connectivity index (χ2v) is 5.90. The molecule has 1 atom stereocenters. The largest absolute Gasteiger partial charge is 0.490 e. The zero-order valence-corrected chi connectivity index (χ0v) is 11.3. The number of carboxylic acid groups (broad SMARTS) is 1. The lowest BCUT2D eigenvalue weighted by atomic mass is 9.69. The van der Waals surface area contributed by atoms with Crippen molar-refractivity contribution in [2.45, 2.75) is 57.0 Å². The molecule has 1 unspecified atom stereocenters. The van der Waals surface area contributed by atoms with Gasteiger partial charge in [-0.3, -0.25) is 4.79 Å². The minimum absolute atomic E-state index is 0.206. The Balaban J connectivity index is 2.00. The number of benzene rings is 1. The van der Waals surface area contributed by atoms with Crippen LogP contribution in [-0.4, -0.2) is 17.2 Å². The van der Waals surface area contributed by atoms with E-state index < -0.39 is 11.4 Å². The van der Waals surface area contributed by atoms with E-state index in [1.165, 1.54) is 5.56 Å². The lowest BCUT2D eigenvalue weighted by molar-refractivity contribution is -0.145. The van der Waals surface area contributed by atoms with Gasteiger partial charge in [-0.2, -0.15) is 0 Å². The van der Waals surface area contributed by atoms with Crippen LogP contribution in [0.15, 0.2) is 18.2 Å². The molecule has 1 aliphatic heterocycles. The van der Waals surface area contributed by atoms with Crippen molar-refractivity contribution in [2.24, 2.45) is 0 Å². The van der Waals surface area contributed by atoms with Crippen molar-refractivity contribution in [1.82, 2.24) is 0 Å². The molecule has 1 aromatic carbocycles. The van der Waals surface area contributed by atoms with Crippen molar-refractivity contribution in [1.29, 1.82) is 0 Å². The van der Waals surface area contributed by atoms with Crippen LogP contribution < -0.4 is 4.74 Å². The molecule has 1 heterocycles. The SMILES string of the molecule is CC1Cc2ccc(C3(C(=O)O)CCCCC3)cc2O1. The zero-order valence-electron chi connectivity index (χ0n) is 11.3. The second kappa shape index (κ2) is 4.55. The predicted molar refractivity (Wildman–Crippen MR) is 72.6 cm³/mol. The summed E-state index contributed by atoms with van der Waals surface area (Å²) in [5.74, 6) is 0.203. The van der Waals surface area contributed by atoms with Crippen molar-refractivity contribution in [3.05, 3.63) is 29.3 Å². The van der Waals surface area contributed by atoms with Crippen molar-refractivity contribution in [3.63, 3.8) is 0 Å². The molecule has 3 rings (SSSR count). The van der Waals surface area contributed by atoms with E-state index in [4.69, 9.17) is 4.74 Å². The monoisotopic (exact) mass is 260 g/mol. The molecular weight excluding hydrogens is 240 g/mol. The molecule has 3 nitrogen and oxygen atoms in total. The van der Waals surface area contributed by atoms with Crippen LogP contribution in [0.2, 0.25) is 0 Å². The fourth-order valence-corrected chi connectivity index (χ4v) is 3.48. The van der Waals surface area contributed by atoms with Gasteiger partial charge in [-0.05, 0) is 37.0 Å². The first-order valence-corrected chi connectivity index (χ1v) is 7.15. The third-order valence-corrected chi connectivity index (χ3v) is 4.57. The van der Waals surface area contributed by atoms with Gasteiger partial charge in [0.1, 0.15) is 11.9 Å². The predicted octanol–water partition coefficient (Wildman–Crippen LogP) is 3.30. The van der Waals surface area contributed by atoms with Crippen LogP contribution in [0.4, 0.5) is 0 Å². The molecule has 102 valence electrons. The van der Waals surface area contributed by atoms with E-state index in [1.54, 1.807) is 0 Å². The van der Waals surface area contributed by atoms with Crippen LogP contribution in [0, 0.1) is 0 Å². The van der Waals surface area contributed by atoms with E-state index in [9.17, 15) is 9.90 Å². The van der Waals surface area contributed by atoms with Crippen LogP contribution in [-0.2, 0) is 16.6 Å². The smallest absolute Gasteiger partial charge is 0.314 e. The van der Waals surface area contributed by atoms with Gasteiger partial charge in [0.25, 0.3) is 0 Å². The van der Waals surface area contributed by atoms with E-state index in [2.05, 4.69) is 0 Å². The van der Waals surface area contributed by atoms with E-state index in [-0.39, 0.29) is 6.10 Å². The lowest BCUT2D eigenvalue weighted by Gasteiger charge is -2.33. The van der Waals surface area contributed by atoms with Gasteiger partial charge in [-0.25, -0.2) is 0 Å². The van der Waals surface area contributed by atoms with Crippen molar-refractivity contribution in [3.8, 4) is 5.75 Å². The number of aliphatic carboxylic acids is 1. The summed E-state index contributed by atoms with van der Waals surface area (Å²) in [6.45, 7) is 2.05. The molecule has 2 aliphatic rings. The minimum atomic E-state index is -0.692. The van der Waals surface area contributed by atoms with Gasteiger partial charge >= 0.3 is 5.97 Å². The summed E-state index contributed by atoms with van der Waals surface area (Å²) in [6, 6.07) is 6.02. The number of fused-ring (bicyclic) bond motifs is 1. The molecular formula is C16H20O3. The van der Waals surface area contributed by atoms with Gasteiger partial charge in [-0.1, -0.05) is 31.4 Å². The summed E-state index contributed by atoms with van der Waals surface area (Å²) < 4.78 is 5.77. The summed E-state index contributed by atoms with van der Waals surface area (Å²) in [6.07, 6.45) is 5.77. The Labute approximate surface area is 113 Å². The first kappa shape index (κ1) is 12.5. The third kappa shape index (κ3) is 2.01. The van der Waals surface area contributed by atoms with Gasteiger partial charge in [0.05, 0.1) is 5.41 Å². The van der Waals surface area contributed by atoms with Crippen LogP contribution >= 0.6 is 0 Å². The average Bonchev–Trinajstić information content (AvgIpc) is 2.78. The lowest BCUT2D eigenvalue weighted by Crippen LogP contribution is -2.37. The first-order chi connectivity index (χ1) is 9.12. The normalized spacial score (nSPS) is 24.6. The summed E-state index contributed by atoms with van der Waals surface area (Å²) in [4.78, 5) is 11.8. The van der Waals surface area contributed by atoms with Gasteiger partial charge in [-0.15, -0.1) is 0 Å². The van der Waals surface area contributed by atoms with Gasteiger partial charge in [0, 0.05) is 6.42 Å². The van der Waals surface area contributed by atoms with E-state index in [0.717, 1.165) is 49.8 Å². The van der Waals surface area contributed by atoms with E-state index in [0.29, 0.717) is 0 Å². The average molecular weight is 260 g/mol. The molecule has 1 saturated carbocycles. The van der Waals surface area contributed by atoms with Gasteiger partial charge in [0.15, 0.2) is 0 Å². The van der Waals surface area contributed by atoms with Gasteiger partial charge < -0.3 is 9.84 Å². The quantitative estimate of drug-likeness (QED) is 0.887. The van der Waals surface area contributed by atoms with E-state index in [1.807, 2.05) is 25.1 Å². The zero-order chi connectivity index (χ0) is 13.5. The molecule has 1 aromatic rings. The van der Waals surface area contributed by atoms with Crippen LogP contribution in [0.1, 0.15) is 50.2 Å². The molecule has 1 fully saturated rings. The Morgan fingerprint density at radius 3 is 2.74 bits per heavy atom. The highest BCUT2D eigenvalue weighted by atomic mass is 16.5. The molecule has 0 spiro atoms. The fraction of sp³-hybridized carbons (Fsp3) is 0.562. The highest BCUT2D eigenvalue weighted by Gasteiger charge is 2.41.